The molecule has 0 atom stereocenters. The third kappa shape index (κ3) is 1.21. The monoisotopic (exact) mass is 211 g/mol. The Morgan fingerprint density at radius 1 is 1.36 bits per heavy atom. The first-order valence-electron chi connectivity index (χ1n) is 3.76. The van der Waals surface area contributed by atoms with E-state index in [-0.39, 0.29) is 0 Å². The van der Waals surface area contributed by atoms with Crippen LogP contribution in [0.4, 0.5) is 0 Å². The minimum absolute atomic E-state index is 1.01. The van der Waals surface area contributed by atoms with Gasteiger partial charge in [-0.3, -0.25) is 0 Å². The normalized spacial score (nSPS) is 15.1. The molecule has 0 radical (unpaired) electrons. The van der Waals surface area contributed by atoms with Gasteiger partial charge < -0.3 is 5.32 Å². The molecule has 0 unspecified atom stereocenters. The summed E-state index contributed by atoms with van der Waals surface area (Å²) < 4.78 is 1.25. The van der Waals surface area contributed by atoms with Crippen molar-refractivity contribution in [1.29, 1.82) is 0 Å². The molecule has 2 heteroatoms. The van der Waals surface area contributed by atoms with E-state index in [1.165, 1.54) is 21.2 Å². The van der Waals surface area contributed by atoms with Crippen molar-refractivity contribution < 1.29 is 0 Å². The first-order chi connectivity index (χ1) is 5.27. The Kier molecular flexibility index (Phi) is 1.74. The summed E-state index contributed by atoms with van der Waals surface area (Å²) in [5, 5.41) is 3.33. The molecule has 0 saturated carbocycles. The predicted octanol–water partition coefficient (Wildman–Crippen LogP) is 2.36. The fourth-order valence-corrected chi connectivity index (χ4v) is 2.28. The van der Waals surface area contributed by atoms with Crippen molar-refractivity contribution in [2.24, 2.45) is 0 Å². The van der Waals surface area contributed by atoms with Crippen LogP contribution in [-0.2, 0) is 13.1 Å². The van der Waals surface area contributed by atoms with Crippen LogP contribution in [-0.4, -0.2) is 0 Å². The molecular formula is C9H10BrN. The van der Waals surface area contributed by atoms with Gasteiger partial charge in [0.05, 0.1) is 0 Å². The van der Waals surface area contributed by atoms with E-state index in [4.69, 9.17) is 0 Å². The van der Waals surface area contributed by atoms with Gasteiger partial charge in [0.1, 0.15) is 0 Å². The van der Waals surface area contributed by atoms with Crippen molar-refractivity contribution in [1.82, 2.24) is 5.32 Å². The fourth-order valence-electron chi connectivity index (χ4n) is 1.52. The number of rotatable bonds is 0. The Morgan fingerprint density at radius 2 is 2.18 bits per heavy atom. The smallest absolute Gasteiger partial charge is 0.0226 e. The Labute approximate surface area is 74.9 Å². The van der Waals surface area contributed by atoms with Gasteiger partial charge in [0, 0.05) is 17.6 Å². The molecule has 0 spiro atoms. The average molecular weight is 212 g/mol. The van der Waals surface area contributed by atoms with Crippen molar-refractivity contribution >= 4 is 15.9 Å². The van der Waals surface area contributed by atoms with Gasteiger partial charge in [-0.15, -0.1) is 0 Å². The summed E-state index contributed by atoms with van der Waals surface area (Å²) in [7, 11) is 0. The van der Waals surface area contributed by atoms with Crippen molar-refractivity contribution in [3.05, 3.63) is 33.3 Å². The minimum atomic E-state index is 1.01. The van der Waals surface area contributed by atoms with Gasteiger partial charge in [-0.25, -0.2) is 0 Å². The topological polar surface area (TPSA) is 12.0 Å². The maximum Gasteiger partial charge on any atom is 0.0226 e. The maximum absolute atomic E-state index is 3.56. The molecular weight excluding hydrogens is 202 g/mol. The predicted molar refractivity (Wildman–Crippen MR) is 49.4 cm³/mol. The molecule has 0 saturated heterocycles. The highest BCUT2D eigenvalue weighted by atomic mass is 79.9. The van der Waals surface area contributed by atoms with Gasteiger partial charge in [-0.1, -0.05) is 22.0 Å². The van der Waals surface area contributed by atoms with E-state index < -0.39 is 0 Å². The lowest BCUT2D eigenvalue weighted by molar-refractivity contribution is 0.764. The van der Waals surface area contributed by atoms with Gasteiger partial charge in [-0.05, 0) is 29.7 Å². The van der Waals surface area contributed by atoms with Crippen molar-refractivity contribution in [3.8, 4) is 0 Å². The Balaban J connectivity index is 2.60. The molecule has 0 aromatic heterocycles. The summed E-state index contributed by atoms with van der Waals surface area (Å²) in [5.74, 6) is 0. The van der Waals surface area contributed by atoms with Gasteiger partial charge >= 0.3 is 0 Å². The molecule has 1 aliphatic heterocycles. The summed E-state index contributed by atoms with van der Waals surface area (Å²) >= 11 is 3.56. The number of hydrogen-bond acceptors (Lipinski definition) is 1. The third-order valence-electron chi connectivity index (χ3n) is 2.05. The molecule has 1 heterocycles. The lowest BCUT2D eigenvalue weighted by Gasteiger charge is -2.02. The van der Waals surface area contributed by atoms with Crippen LogP contribution in [0.1, 0.15) is 16.7 Å². The number of aryl methyl sites for hydroxylation is 1. The van der Waals surface area contributed by atoms with E-state index in [2.05, 4.69) is 40.3 Å². The van der Waals surface area contributed by atoms with Crippen LogP contribution < -0.4 is 5.32 Å². The van der Waals surface area contributed by atoms with Gasteiger partial charge in [0.25, 0.3) is 0 Å². The lowest BCUT2D eigenvalue weighted by Crippen LogP contribution is -2.00. The molecule has 11 heavy (non-hydrogen) atoms. The van der Waals surface area contributed by atoms with E-state index in [0.29, 0.717) is 0 Å². The summed E-state index contributed by atoms with van der Waals surface area (Å²) in [6.07, 6.45) is 0. The molecule has 0 aliphatic carbocycles. The molecule has 2 rings (SSSR count). The molecule has 1 N–H and O–H groups in total. The van der Waals surface area contributed by atoms with Crippen LogP contribution in [0.5, 0.6) is 0 Å². The highest BCUT2D eigenvalue weighted by molar-refractivity contribution is 9.10. The van der Waals surface area contributed by atoms with Crippen molar-refractivity contribution in [3.63, 3.8) is 0 Å². The molecule has 0 amide bonds. The molecule has 1 nitrogen and oxygen atoms in total. The Hall–Kier alpha value is -0.340. The Bertz CT molecular complexity index is 294. The zero-order chi connectivity index (χ0) is 7.84. The minimum Gasteiger partial charge on any atom is -0.309 e. The van der Waals surface area contributed by atoms with Crippen LogP contribution in [0.25, 0.3) is 0 Å². The van der Waals surface area contributed by atoms with Crippen LogP contribution in [0.3, 0.4) is 0 Å². The zero-order valence-corrected chi connectivity index (χ0v) is 8.03. The standard InChI is InChI=1S/C9H10BrN/c1-6-2-7-4-11-5-8(7)9(10)3-6/h2-3,11H,4-5H2,1H3. The Morgan fingerprint density at radius 3 is 3.00 bits per heavy atom. The molecule has 1 aromatic carbocycles. The highest BCUT2D eigenvalue weighted by Crippen LogP contribution is 2.25. The van der Waals surface area contributed by atoms with Crippen LogP contribution in [0, 0.1) is 6.92 Å². The molecule has 1 aliphatic rings. The SMILES string of the molecule is Cc1cc(Br)c2c(c1)CNC2. The summed E-state index contributed by atoms with van der Waals surface area (Å²) in [6, 6.07) is 4.42. The van der Waals surface area contributed by atoms with E-state index in [0.717, 1.165) is 13.1 Å². The highest BCUT2D eigenvalue weighted by Gasteiger charge is 2.12. The van der Waals surface area contributed by atoms with Crippen LogP contribution >= 0.6 is 15.9 Å². The zero-order valence-electron chi connectivity index (χ0n) is 6.45. The van der Waals surface area contributed by atoms with Gasteiger partial charge in [0.2, 0.25) is 0 Å². The van der Waals surface area contributed by atoms with E-state index in [1.54, 1.807) is 0 Å². The number of hydrogen-bond donors (Lipinski definition) is 1. The van der Waals surface area contributed by atoms with Crippen LogP contribution in [0.15, 0.2) is 16.6 Å². The quantitative estimate of drug-likeness (QED) is 0.696. The van der Waals surface area contributed by atoms with Gasteiger partial charge in [-0.2, -0.15) is 0 Å². The molecule has 0 bridgehead atoms. The van der Waals surface area contributed by atoms with E-state index in [1.807, 2.05) is 0 Å². The molecule has 0 fully saturated rings. The summed E-state index contributed by atoms with van der Waals surface area (Å²) in [5.41, 5.74) is 4.20. The van der Waals surface area contributed by atoms with E-state index in [9.17, 15) is 0 Å². The van der Waals surface area contributed by atoms with Crippen LogP contribution in [0.2, 0.25) is 0 Å². The van der Waals surface area contributed by atoms with Gasteiger partial charge in [0.15, 0.2) is 0 Å². The molecule has 1 aromatic rings. The number of fused-ring (bicyclic) bond motifs is 1. The second kappa shape index (κ2) is 2.61. The third-order valence-corrected chi connectivity index (χ3v) is 2.76. The largest absolute Gasteiger partial charge is 0.309 e. The summed E-state index contributed by atoms with van der Waals surface area (Å²) in [6.45, 7) is 4.16. The first kappa shape index (κ1) is 7.32. The summed E-state index contributed by atoms with van der Waals surface area (Å²) in [4.78, 5) is 0. The average Bonchev–Trinajstić information content (AvgIpc) is 2.34. The van der Waals surface area contributed by atoms with Crippen molar-refractivity contribution in [2.75, 3.05) is 0 Å². The number of halogens is 1. The maximum atomic E-state index is 3.56. The first-order valence-corrected chi connectivity index (χ1v) is 4.55. The lowest BCUT2D eigenvalue weighted by atomic mass is 10.1. The fraction of sp³-hybridized carbons (Fsp3) is 0.333. The van der Waals surface area contributed by atoms with Crippen molar-refractivity contribution in [2.45, 2.75) is 20.0 Å². The van der Waals surface area contributed by atoms with E-state index >= 15 is 0 Å². The second-order valence-corrected chi connectivity index (χ2v) is 3.84. The second-order valence-electron chi connectivity index (χ2n) is 2.99. The number of nitrogens with one attached hydrogen (secondary N) is 1. The molecule has 58 valence electrons. The number of benzene rings is 1.